The van der Waals surface area contributed by atoms with Gasteiger partial charge < -0.3 is 11.1 Å². The predicted octanol–water partition coefficient (Wildman–Crippen LogP) is 3.36. The van der Waals surface area contributed by atoms with Gasteiger partial charge in [0.05, 0.1) is 6.04 Å². The fraction of sp³-hybridized carbons (Fsp3) is 0.267. The summed E-state index contributed by atoms with van der Waals surface area (Å²) in [5.74, 6) is -0.148. The molecule has 0 saturated carbocycles. The lowest BCUT2D eigenvalue weighted by Gasteiger charge is -2.17. The van der Waals surface area contributed by atoms with E-state index >= 15 is 0 Å². The molecule has 20 heavy (non-hydrogen) atoms. The van der Waals surface area contributed by atoms with Crippen molar-refractivity contribution in [2.24, 2.45) is 5.73 Å². The summed E-state index contributed by atoms with van der Waals surface area (Å²) in [5.41, 5.74) is 7.97. The van der Waals surface area contributed by atoms with Crippen LogP contribution < -0.4 is 11.1 Å². The fourth-order valence-corrected chi connectivity index (χ4v) is 2.57. The van der Waals surface area contributed by atoms with Gasteiger partial charge in [0.25, 0.3) is 0 Å². The third kappa shape index (κ3) is 4.07. The number of halogens is 1. The molecule has 5 heteroatoms. The maximum atomic E-state index is 12.1. The largest absolute Gasteiger partial charge is 0.347 e. The lowest BCUT2D eigenvalue weighted by molar-refractivity contribution is -0.123. The summed E-state index contributed by atoms with van der Waals surface area (Å²) in [5, 5.41) is 4.94. The van der Waals surface area contributed by atoms with Gasteiger partial charge in [-0.2, -0.15) is 0 Å². The van der Waals surface area contributed by atoms with Crippen LogP contribution in [0.1, 0.15) is 35.0 Å². The van der Waals surface area contributed by atoms with Crippen molar-refractivity contribution in [2.45, 2.75) is 25.9 Å². The molecule has 0 radical (unpaired) electrons. The first-order chi connectivity index (χ1) is 9.08. The van der Waals surface area contributed by atoms with Gasteiger partial charge in [-0.05, 0) is 30.9 Å². The van der Waals surface area contributed by atoms with Crippen molar-refractivity contribution in [3.63, 3.8) is 0 Å². The van der Waals surface area contributed by atoms with Crippen molar-refractivity contribution in [3.8, 4) is 0 Å². The number of hydrogen-bond donors (Lipinski definition) is 2. The molecule has 108 valence electrons. The zero-order valence-corrected chi connectivity index (χ0v) is 13.1. The summed E-state index contributed by atoms with van der Waals surface area (Å²) in [7, 11) is 0. The van der Waals surface area contributed by atoms with E-state index in [4.69, 9.17) is 5.73 Å². The van der Waals surface area contributed by atoms with Crippen LogP contribution in [0.3, 0.4) is 0 Å². The summed E-state index contributed by atoms with van der Waals surface area (Å²) >= 11 is 1.63. The quantitative estimate of drug-likeness (QED) is 0.910. The Morgan fingerprint density at radius 2 is 1.90 bits per heavy atom. The van der Waals surface area contributed by atoms with Gasteiger partial charge >= 0.3 is 0 Å². The molecule has 2 unspecified atom stereocenters. The molecule has 1 aromatic heterocycles. The van der Waals surface area contributed by atoms with Crippen LogP contribution in [0, 0.1) is 6.92 Å². The van der Waals surface area contributed by atoms with Gasteiger partial charge in [0.15, 0.2) is 0 Å². The molecule has 0 saturated heterocycles. The van der Waals surface area contributed by atoms with Gasteiger partial charge in [-0.15, -0.1) is 23.7 Å². The summed E-state index contributed by atoms with van der Waals surface area (Å²) in [6, 6.07) is 11.1. The topological polar surface area (TPSA) is 55.1 Å². The molecule has 0 fully saturated rings. The van der Waals surface area contributed by atoms with E-state index in [1.807, 2.05) is 55.6 Å². The van der Waals surface area contributed by atoms with Gasteiger partial charge in [0.1, 0.15) is 6.04 Å². The van der Waals surface area contributed by atoms with E-state index < -0.39 is 6.04 Å². The second kappa shape index (κ2) is 7.43. The highest BCUT2D eigenvalue weighted by Gasteiger charge is 2.18. The van der Waals surface area contributed by atoms with Crippen LogP contribution in [0.15, 0.2) is 41.8 Å². The molecule has 0 aliphatic heterocycles. The minimum atomic E-state index is -0.622. The van der Waals surface area contributed by atoms with Gasteiger partial charge in [0.2, 0.25) is 5.91 Å². The average molecular weight is 311 g/mol. The smallest absolute Gasteiger partial charge is 0.242 e. The maximum Gasteiger partial charge on any atom is 0.242 e. The number of rotatable bonds is 4. The molecule has 0 aliphatic carbocycles. The highest BCUT2D eigenvalue weighted by Crippen LogP contribution is 2.19. The Morgan fingerprint density at radius 3 is 2.45 bits per heavy atom. The number of nitrogens with one attached hydrogen (secondary N) is 1. The Labute approximate surface area is 129 Å². The van der Waals surface area contributed by atoms with E-state index in [0.29, 0.717) is 0 Å². The summed E-state index contributed by atoms with van der Waals surface area (Å²) in [6.07, 6.45) is 0. The number of aryl methyl sites for hydroxylation is 1. The van der Waals surface area contributed by atoms with Crippen molar-refractivity contribution >= 4 is 29.7 Å². The highest BCUT2D eigenvalue weighted by molar-refractivity contribution is 7.10. The average Bonchev–Trinajstić information content (AvgIpc) is 2.92. The van der Waals surface area contributed by atoms with Crippen molar-refractivity contribution in [2.75, 3.05) is 0 Å². The minimum Gasteiger partial charge on any atom is -0.347 e. The van der Waals surface area contributed by atoms with Crippen LogP contribution in [0.25, 0.3) is 0 Å². The molecule has 1 heterocycles. The first kappa shape index (κ1) is 16.7. The standard InChI is InChI=1S/C15H18N2OS.ClH/c1-10-5-7-12(8-6-10)14(16)15(18)17-11(2)13-4-3-9-19-13;/h3-9,11,14H,16H2,1-2H3,(H,17,18);1H. The molecule has 0 spiro atoms. The number of carbonyl (C=O) groups excluding carboxylic acids is 1. The molecule has 2 rings (SSSR count). The second-order valence-electron chi connectivity index (χ2n) is 4.63. The van der Waals surface area contributed by atoms with Crippen LogP contribution >= 0.6 is 23.7 Å². The maximum absolute atomic E-state index is 12.1. The molecule has 1 aromatic carbocycles. The summed E-state index contributed by atoms with van der Waals surface area (Å²) in [4.78, 5) is 13.2. The Bertz CT molecular complexity index is 540. The molecule has 2 atom stereocenters. The lowest BCUT2D eigenvalue weighted by Crippen LogP contribution is -2.35. The van der Waals surface area contributed by atoms with Gasteiger partial charge in [-0.25, -0.2) is 0 Å². The first-order valence-electron chi connectivity index (χ1n) is 6.24. The van der Waals surface area contributed by atoms with Gasteiger partial charge in [0, 0.05) is 4.88 Å². The Kier molecular flexibility index (Phi) is 6.20. The summed E-state index contributed by atoms with van der Waals surface area (Å²) in [6.45, 7) is 3.97. The summed E-state index contributed by atoms with van der Waals surface area (Å²) < 4.78 is 0. The van der Waals surface area contributed by atoms with E-state index in [9.17, 15) is 4.79 Å². The Hall–Kier alpha value is -1.36. The second-order valence-corrected chi connectivity index (χ2v) is 5.61. The van der Waals surface area contributed by atoms with Crippen LogP contribution in [0.5, 0.6) is 0 Å². The first-order valence-corrected chi connectivity index (χ1v) is 7.12. The molecule has 0 bridgehead atoms. The molecular formula is C15H19ClN2OS. The molecule has 3 nitrogen and oxygen atoms in total. The molecular weight excluding hydrogens is 292 g/mol. The van der Waals surface area contributed by atoms with E-state index in [1.165, 1.54) is 0 Å². The number of nitrogens with two attached hydrogens (primary N) is 1. The van der Waals surface area contributed by atoms with Gasteiger partial charge in [-0.1, -0.05) is 35.9 Å². The van der Waals surface area contributed by atoms with E-state index in [1.54, 1.807) is 11.3 Å². The van der Waals surface area contributed by atoms with E-state index in [0.717, 1.165) is 16.0 Å². The molecule has 3 N–H and O–H groups in total. The Morgan fingerprint density at radius 1 is 1.25 bits per heavy atom. The third-order valence-electron chi connectivity index (χ3n) is 3.05. The number of hydrogen-bond acceptors (Lipinski definition) is 3. The zero-order valence-electron chi connectivity index (χ0n) is 11.5. The molecule has 0 aliphatic rings. The van der Waals surface area contributed by atoms with Gasteiger partial charge in [-0.3, -0.25) is 4.79 Å². The number of carbonyl (C=O) groups is 1. The van der Waals surface area contributed by atoms with Crippen molar-refractivity contribution in [1.29, 1.82) is 0 Å². The van der Waals surface area contributed by atoms with E-state index in [2.05, 4.69) is 5.32 Å². The van der Waals surface area contributed by atoms with Crippen molar-refractivity contribution < 1.29 is 4.79 Å². The van der Waals surface area contributed by atoms with Crippen LogP contribution in [0.4, 0.5) is 0 Å². The molecule has 2 aromatic rings. The van der Waals surface area contributed by atoms with Crippen LogP contribution in [0.2, 0.25) is 0 Å². The van der Waals surface area contributed by atoms with Crippen LogP contribution in [-0.2, 0) is 4.79 Å². The Balaban J connectivity index is 0.00000200. The number of amides is 1. The normalized spacial score (nSPS) is 13.2. The number of benzene rings is 1. The predicted molar refractivity (Wildman–Crippen MR) is 86.2 cm³/mol. The van der Waals surface area contributed by atoms with Crippen molar-refractivity contribution in [3.05, 3.63) is 57.8 Å². The lowest BCUT2D eigenvalue weighted by atomic mass is 10.0. The monoisotopic (exact) mass is 310 g/mol. The van der Waals surface area contributed by atoms with Crippen molar-refractivity contribution in [1.82, 2.24) is 5.32 Å². The fourth-order valence-electron chi connectivity index (χ4n) is 1.84. The third-order valence-corrected chi connectivity index (χ3v) is 4.10. The van der Waals surface area contributed by atoms with Crippen LogP contribution in [-0.4, -0.2) is 5.91 Å². The minimum absolute atomic E-state index is 0. The molecule has 1 amide bonds. The SMILES string of the molecule is Cc1ccc(C(N)C(=O)NC(C)c2cccs2)cc1.Cl. The zero-order chi connectivity index (χ0) is 13.8. The van der Waals surface area contributed by atoms with E-state index in [-0.39, 0.29) is 24.4 Å². The highest BCUT2D eigenvalue weighted by atomic mass is 35.5. The number of thiophene rings is 1.